The molecular weight excluding hydrogens is 305 g/mol. The van der Waals surface area contributed by atoms with Gasteiger partial charge in [-0.3, -0.25) is 0 Å². The molecule has 1 heterocycles. The van der Waals surface area contributed by atoms with Gasteiger partial charge in [-0.15, -0.1) is 5.10 Å². The lowest BCUT2D eigenvalue weighted by Gasteiger charge is -2.20. The van der Waals surface area contributed by atoms with Crippen LogP contribution in [0.25, 0.3) is 12.2 Å². The molecule has 2 N–H and O–H groups in total. The zero-order chi connectivity index (χ0) is 17.2. The molecular formula is C15H14FN3O4. The van der Waals surface area contributed by atoms with Crippen LogP contribution >= 0.6 is 0 Å². The van der Waals surface area contributed by atoms with Gasteiger partial charge in [-0.25, -0.2) is 18.7 Å². The quantitative estimate of drug-likeness (QED) is 0.874. The summed E-state index contributed by atoms with van der Waals surface area (Å²) < 4.78 is 13.9. The summed E-state index contributed by atoms with van der Waals surface area (Å²) in [6, 6.07) is 5.52. The second-order valence-electron chi connectivity index (χ2n) is 5.29. The maximum absolute atomic E-state index is 12.9. The average Bonchev–Trinajstić information content (AvgIpc) is 2.91. The predicted octanol–water partition coefficient (Wildman–Crippen LogP) is 2.11. The molecule has 0 spiro atoms. The van der Waals surface area contributed by atoms with Crippen molar-refractivity contribution in [3.63, 3.8) is 0 Å². The van der Waals surface area contributed by atoms with Crippen LogP contribution in [0.3, 0.4) is 0 Å². The second kappa shape index (κ2) is 5.99. The van der Waals surface area contributed by atoms with Gasteiger partial charge in [-0.2, -0.15) is 0 Å². The minimum Gasteiger partial charge on any atom is -0.479 e. The highest BCUT2D eigenvalue weighted by atomic mass is 19.1. The van der Waals surface area contributed by atoms with Crippen molar-refractivity contribution in [2.45, 2.75) is 19.4 Å². The Morgan fingerprint density at radius 1 is 1.17 bits per heavy atom. The lowest BCUT2D eigenvalue weighted by Crippen LogP contribution is -2.37. The number of carbonyl (C=O) groups is 2. The van der Waals surface area contributed by atoms with E-state index in [-0.39, 0.29) is 11.4 Å². The van der Waals surface area contributed by atoms with Crippen LogP contribution in [0.4, 0.5) is 4.39 Å². The van der Waals surface area contributed by atoms with Crippen LogP contribution in [0.1, 0.15) is 35.6 Å². The van der Waals surface area contributed by atoms with Crippen molar-refractivity contribution in [3.05, 3.63) is 47.0 Å². The van der Waals surface area contributed by atoms with Gasteiger partial charge in [0.25, 0.3) is 0 Å². The van der Waals surface area contributed by atoms with Gasteiger partial charge in [-0.05, 0) is 37.6 Å². The molecule has 0 saturated carbocycles. The molecule has 23 heavy (non-hydrogen) atoms. The summed E-state index contributed by atoms with van der Waals surface area (Å²) in [6.07, 6.45) is 2.92. The number of aliphatic carboxylic acids is 1. The van der Waals surface area contributed by atoms with Crippen molar-refractivity contribution >= 4 is 24.1 Å². The molecule has 0 aliphatic carbocycles. The summed E-state index contributed by atoms with van der Waals surface area (Å²) in [4.78, 5) is 22.6. The maximum Gasteiger partial charge on any atom is 0.358 e. The van der Waals surface area contributed by atoms with Gasteiger partial charge >= 0.3 is 11.9 Å². The smallest absolute Gasteiger partial charge is 0.358 e. The van der Waals surface area contributed by atoms with Crippen molar-refractivity contribution in [2.75, 3.05) is 0 Å². The van der Waals surface area contributed by atoms with Crippen LogP contribution < -0.4 is 0 Å². The monoisotopic (exact) mass is 319 g/mol. The summed E-state index contributed by atoms with van der Waals surface area (Å²) in [6.45, 7) is 2.76. The number of carboxylic acids is 2. The van der Waals surface area contributed by atoms with E-state index in [2.05, 4.69) is 10.3 Å². The highest BCUT2D eigenvalue weighted by Crippen LogP contribution is 2.21. The minimum atomic E-state index is -1.48. The number of rotatable bonds is 5. The van der Waals surface area contributed by atoms with Gasteiger partial charge in [0.15, 0.2) is 11.2 Å². The fourth-order valence-corrected chi connectivity index (χ4v) is 1.84. The first-order valence-corrected chi connectivity index (χ1v) is 6.60. The number of aromatic carboxylic acids is 1. The predicted molar refractivity (Wildman–Crippen MR) is 79.3 cm³/mol. The van der Waals surface area contributed by atoms with E-state index in [4.69, 9.17) is 0 Å². The molecule has 0 bridgehead atoms. The van der Waals surface area contributed by atoms with Gasteiger partial charge in [0.1, 0.15) is 5.82 Å². The molecule has 1 aromatic heterocycles. The molecule has 0 amide bonds. The highest BCUT2D eigenvalue weighted by molar-refractivity contribution is 5.91. The van der Waals surface area contributed by atoms with Crippen LogP contribution in [-0.2, 0) is 10.3 Å². The summed E-state index contributed by atoms with van der Waals surface area (Å²) in [5, 5.41) is 25.6. The van der Waals surface area contributed by atoms with E-state index < -0.39 is 23.3 Å². The first-order chi connectivity index (χ1) is 10.7. The number of nitrogens with zero attached hydrogens (tertiary/aromatic N) is 3. The summed E-state index contributed by atoms with van der Waals surface area (Å²) in [7, 11) is 0. The number of hydrogen-bond donors (Lipinski definition) is 2. The average molecular weight is 319 g/mol. The molecule has 0 unspecified atom stereocenters. The van der Waals surface area contributed by atoms with Gasteiger partial charge < -0.3 is 10.2 Å². The van der Waals surface area contributed by atoms with Crippen molar-refractivity contribution in [3.8, 4) is 0 Å². The lowest BCUT2D eigenvalue weighted by atomic mass is 10.1. The zero-order valence-electron chi connectivity index (χ0n) is 12.4. The zero-order valence-corrected chi connectivity index (χ0v) is 12.4. The normalized spacial score (nSPS) is 11.8. The Balaban J connectivity index is 2.51. The molecule has 2 aromatic rings. The van der Waals surface area contributed by atoms with Crippen molar-refractivity contribution in [1.82, 2.24) is 15.0 Å². The third kappa shape index (κ3) is 3.25. The minimum absolute atomic E-state index is 0.0363. The standard InChI is InChI=1S/C15H14FN3O4/c1-15(2,14(22)23)19-11(12(13(20)21)17-18-19)8-5-9-3-6-10(16)7-4-9/h3-8H,1-2H3,(H,20,21)(H,22,23)/b8-5+. The highest BCUT2D eigenvalue weighted by Gasteiger charge is 2.34. The Morgan fingerprint density at radius 2 is 1.78 bits per heavy atom. The topological polar surface area (TPSA) is 105 Å². The molecule has 0 atom stereocenters. The molecule has 120 valence electrons. The molecule has 0 fully saturated rings. The Morgan fingerprint density at radius 3 is 2.30 bits per heavy atom. The van der Waals surface area contributed by atoms with Crippen molar-refractivity contribution < 1.29 is 24.2 Å². The number of benzene rings is 1. The van der Waals surface area contributed by atoms with Crippen molar-refractivity contribution in [2.24, 2.45) is 0 Å². The molecule has 0 aliphatic heterocycles. The van der Waals surface area contributed by atoms with Crippen LogP contribution in [0.2, 0.25) is 0 Å². The lowest BCUT2D eigenvalue weighted by molar-refractivity contribution is -0.146. The summed E-state index contributed by atoms with van der Waals surface area (Å²) in [5.74, 6) is -2.90. The Labute approximate surface area is 130 Å². The maximum atomic E-state index is 12.9. The van der Waals surface area contributed by atoms with E-state index in [1.54, 1.807) is 0 Å². The van der Waals surface area contributed by atoms with Gasteiger partial charge in [0, 0.05) is 0 Å². The second-order valence-corrected chi connectivity index (χ2v) is 5.29. The number of halogens is 1. The van der Waals surface area contributed by atoms with E-state index in [1.807, 2.05) is 0 Å². The first-order valence-electron chi connectivity index (χ1n) is 6.60. The van der Waals surface area contributed by atoms with Gasteiger partial charge in [-0.1, -0.05) is 23.4 Å². The van der Waals surface area contributed by atoms with Gasteiger partial charge in [0.05, 0.1) is 5.69 Å². The Bertz CT molecular complexity index is 779. The molecule has 7 nitrogen and oxygen atoms in total. The fourth-order valence-electron chi connectivity index (χ4n) is 1.84. The van der Waals surface area contributed by atoms with Crippen molar-refractivity contribution in [1.29, 1.82) is 0 Å². The van der Waals surface area contributed by atoms with Crippen LogP contribution in [0, 0.1) is 5.82 Å². The third-order valence-electron chi connectivity index (χ3n) is 3.26. The first kappa shape index (κ1) is 16.3. The van der Waals surface area contributed by atoms with E-state index in [0.717, 1.165) is 4.68 Å². The molecule has 0 aliphatic rings. The molecule has 0 saturated heterocycles. The number of hydrogen-bond acceptors (Lipinski definition) is 4. The molecule has 1 aromatic carbocycles. The summed E-state index contributed by atoms with van der Waals surface area (Å²) in [5.41, 5.74) is -1.20. The van der Waals surface area contributed by atoms with E-state index in [9.17, 15) is 24.2 Å². The van der Waals surface area contributed by atoms with Crippen LogP contribution in [-0.4, -0.2) is 37.1 Å². The number of carboxylic acid groups (broad SMARTS) is 2. The summed E-state index contributed by atoms with van der Waals surface area (Å²) >= 11 is 0. The number of aromatic nitrogens is 3. The molecule has 8 heteroatoms. The Kier molecular flexibility index (Phi) is 4.26. The Hall–Kier alpha value is -3.03. The van der Waals surface area contributed by atoms with E-state index in [1.165, 1.54) is 50.3 Å². The van der Waals surface area contributed by atoms with Crippen LogP contribution in [0.5, 0.6) is 0 Å². The molecule has 0 radical (unpaired) electrons. The van der Waals surface area contributed by atoms with E-state index in [0.29, 0.717) is 5.56 Å². The SMILES string of the molecule is CC(C)(C(=O)O)n1nnc(C(=O)O)c1/C=C/c1ccc(F)cc1. The third-order valence-corrected chi connectivity index (χ3v) is 3.26. The van der Waals surface area contributed by atoms with Gasteiger partial charge in [0.2, 0.25) is 0 Å². The largest absolute Gasteiger partial charge is 0.479 e. The fraction of sp³-hybridized carbons (Fsp3) is 0.200. The van der Waals surface area contributed by atoms with E-state index >= 15 is 0 Å². The molecule has 2 rings (SSSR count). The van der Waals surface area contributed by atoms with Crippen LogP contribution in [0.15, 0.2) is 24.3 Å².